The molecule has 0 aliphatic heterocycles. The highest BCUT2D eigenvalue weighted by atomic mass is 32.1. The fraction of sp³-hybridized carbons (Fsp3) is 0.167. The van der Waals surface area contributed by atoms with Crippen LogP contribution in [-0.4, -0.2) is 18.2 Å². The summed E-state index contributed by atoms with van der Waals surface area (Å²) in [5.74, 6) is 0.375. The van der Waals surface area contributed by atoms with Crippen molar-refractivity contribution in [2.75, 3.05) is 7.11 Å². The van der Waals surface area contributed by atoms with E-state index in [2.05, 4.69) is 11.4 Å². The molecule has 0 saturated carbocycles. The lowest BCUT2D eigenvalue weighted by Crippen LogP contribution is -2.16. The molecule has 0 unspecified atom stereocenters. The van der Waals surface area contributed by atoms with Crippen LogP contribution in [0.3, 0.4) is 0 Å². The number of methoxy groups -OCH3 is 1. The van der Waals surface area contributed by atoms with Crippen molar-refractivity contribution in [2.45, 2.75) is 13.1 Å². The molecule has 1 heterocycles. The first-order valence-electron chi connectivity index (χ1n) is 7.50. The van der Waals surface area contributed by atoms with E-state index in [9.17, 15) is 4.79 Å². The minimum atomic E-state index is -0.476. The Kier molecular flexibility index (Phi) is 5.10. The first-order chi connectivity index (χ1) is 11.7. The Labute approximate surface area is 143 Å². The molecule has 3 N–H and O–H groups in total. The molecule has 1 aromatic heterocycles. The first kappa shape index (κ1) is 16.4. The van der Waals surface area contributed by atoms with E-state index in [1.165, 1.54) is 16.9 Å². The summed E-state index contributed by atoms with van der Waals surface area (Å²) in [6.07, 6.45) is 0. The summed E-state index contributed by atoms with van der Waals surface area (Å²) in [4.78, 5) is 12.0. The number of hydroxylamine groups is 1. The van der Waals surface area contributed by atoms with Gasteiger partial charge in [-0.2, -0.15) is 0 Å². The summed E-state index contributed by atoms with van der Waals surface area (Å²) in [6.45, 7) is 1.51. The minimum Gasteiger partial charge on any atom is -0.497 e. The van der Waals surface area contributed by atoms with Crippen LogP contribution in [0.2, 0.25) is 0 Å². The number of ether oxygens (including phenoxy) is 1. The topological polar surface area (TPSA) is 70.6 Å². The van der Waals surface area contributed by atoms with Gasteiger partial charge in [-0.05, 0) is 40.8 Å². The van der Waals surface area contributed by atoms with E-state index in [1.54, 1.807) is 18.7 Å². The lowest BCUT2D eigenvalue weighted by atomic mass is 10.1. The maximum absolute atomic E-state index is 11.5. The molecule has 0 bridgehead atoms. The van der Waals surface area contributed by atoms with Crippen LogP contribution >= 0.6 is 11.3 Å². The average Bonchev–Trinajstić information content (AvgIpc) is 3.05. The molecule has 5 nitrogen and oxygen atoms in total. The second-order valence-corrected chi connectivity index (χ2v) is 6.46. The smallest absolute Gasteiger partial charge is 0.284 e. The van der Waals surface area contributed by atoms with Crippen molar-refractivity contribution in [3.8, 4) is 5.75 Å². The molecule has 0 saturated heterocycles. The molecule has 0 atom stereocenters. The van der Waals surface area contributed by atoms with Gasteiger partial charge in [-0.25, -0.2) is 5.48 Å². The van der Waals surface area contributed by atoms with Gasteiger partial charge in [-0.15, -0.1) is 11.3 Å². The predicted molar refractivity (Wildman–Crippen MR) is 94.6 cm³/mol. The fourth-order valence-corrected chi connectivity index (χ4v) is 3.46. The van der Waals surface area contributed by atoms with Gasteiger partial charge >= 0.3 is 0 Å². The van der Waals surface area contributed by atoms with Crippen molar-refractivity contribution >= 4 is 27.3 Å². The van der Waals surface area contributed by atoms with Gasteiger partial charge < -0.3 is 10.1 Å². The van der Waals surface area contributed by atoms with Gasteiger partial charge in [0, 0.05) is 17.8 Å². The largest absolute Gasteiger partial charge is 0.497 e. The maximum Gasteiger partial charge on any atom is 0.284 e. The second kappa shape index (κ2) is 7.44. The number of nitrogens with one attached hydrogen (secondary N) is 2. The number of carbonyl (C=O) groups excluding carboxylic acids is 1. The number of thiophene rings is 1. The highest BCUT2D eigenvalue weighted by Gasteiger charge is 2.09. The lowest BCUT2D eigenvalue weighted by molar-refractivity contribution is 0.0711. The number of hydrogen-bond acceptors (Lipinski definition) is 5. The molecule has 6 heteroatoms. The van der Waals surface area contributed by atoms with E-state index in [-0.39, 0.29) is 0 Å². The summed E-state index contributed by atoms with van der Waals surface area (Å²) in [5.41, 5.74) is 4.00. The SMILES string of the molecule is COc1ccc(CNCc2ccc3cc(C(=O)NO)sc3c2)cc1. The first-order valence-corrected chi connectivity index (χ1v) is 8.32. The zero-order chi connectivity index (χ0) is 16.9. The Bertz CT molecular complexity index is 843. The summed E-state index contributed by atoms with van der Waals surface area (Å²) < 4.78 is 6.17. The number of rotatable bonds is 6. The van der Waals surface area contributed by atoms with Crippen LogP contribution in [0.15, 0.2) is 48.5 Å². The Morgan fingerprint density at radius 1 is 1.08 bits per heavy atom. The van der Waals surface area contributed by atoms with Gasteiger partial charge in [0.1, 0.15) is 5.75 Å². The van der Waals surface area contributed by atoms with Crippen LogP contribution in [0.5, 0.6) is 5.75 Å². The zero-order valence-electron chi connectivity index (χ0n) is 13.2. The van der Waals surface area contributed by atoms with E-state index in [0.717, 1.165) is 34.5 Å². The van der Waals surface area contributed by atoms with Crippen molar-refractivity contribution in [1.29, 1.82) is 0 Å². The summed E-state index contributed by atoms with van der Waals surface area (Å²) in [5, 5.41) is 13.1. The minimum absolute atomic E-state index is 0.476. The molecule has 0 aliphatic carbocycles. The molecule has 0 fully saturated rings. The van der Waals surface area contributed by atoms with Crippen LogP contribution in [0.1, 0.15) is 20.8 Å². The number of benzene rings is 2. The number of carbonyl (C=O) groups is 1. The highest BCUT2D eigenvalue weighted by Crippen LogP contribution is 2.26. The molecule has 0 aliphatic rings. The lowest BCUT2D eigenvalue weighted by Gasteiger charge is -2.06. The molecule has 3 rings (SSSR count). The van der Waals surface area contributed by atoms with Crippen molar-refractivity contribution in [3.05, 3.63) is 64.5 Å². The Morgan fingerprint density at radius 3 is 2.50 bits per heavy atom. The molecular formula is C18H18N2O3S. The summed E-state index contributed by atoms with van der Waals surface area (Å²) in [7, 11) is 1.66. The average molecular weight is 342 g/mol. The van der Waals surface area contributed by atoms with Crippen molar-refractivity contribution in [1.82, 2.24) is 10.8 Å². The van der Waals surface area contributed by atoms with Crippen LogP contribution in [0.4, 0.5) is 0 Å². The summed E-state index contributed by atoms with van der Waals surface area (Å²) >= 11 is 1.36. The third-order valence-electron chi connectivity index (χ3n) is 3.73. The van der Waals surface area contributed by atoms with Gasteiger partial charge in [0.05, 0.1) is 12.0 Å². The molecule has 124 valence electrons. The molecule has 0 radical (unpaired) electrons. The van der Waals surface area contributed by atoms with Gasteiger partial charge in [0.2, 0.25) is 0 Å². The van der Waals surface area contributed by atoms with Gasteiger partial charge in [-0.1, -0.05) is 24.3 Å². The molecule has 1 amide bonds. The van der Waals surface area contributed by atoms with Gasteiger partial charge in [-0.3, -0.25) is 10.0 Å². The highest BCUT2D eigenvalue weighted by molar-refractivity contribution is 7.20. The van der Waals surface area contributed by atoms with Crippen LogP contribution in [0, 0.1) is 0 Å². The maximum atomic E-state index is 11.5. The number of amides is 1. The van der Waals surface area contributed by atoms with Gasteiger partial charge in [0.15, 0.2) is 0 Å². The van der Waals surface area contributed by atoms with E-state index >= 15 is 0 Å². The van der Waals surface area contributed by atoms with Crippen molar-refractivity contribution in [3.63, 3.8) is 0 Å². The predicted octanol–water partition coefficient (Wildman–Crippen LogP) is 3.32. The molecule has 0 spiro atoms. The standard InChI is InChI=1S/C18H18N2O3S/c1-23-15-6-3-12(4-7-15)10-19-11-13-2-5-14-9-17(18(21)20-22)24-16(14)8-13/h2-9,19,22H,10-11H2,1H3,(H,20,21). The van der Waals surface area contributed by atoms with Crippen LogP contribution in [-0.2, 0) is 13.1 Å². The van der Waals surface area contributed by atoms with E-state index in [4.69, 9.17) is 9.94 Å². The Balaban J connectivity index is 1.63. The Hall–Kier alpha value is -2.41. The zero-order valence-corrected chi connectivity index (χ0v) is 14.0. The fourth-order valence-electron chi connectivity index (χ4n) is 2.45. The molecular weight excluding hydrogens is 324 g/mol. The van der Waals surface area contributed by atoms with Crippen LogP contribution < -0.4 is 15.5 Å². The molecule has 3 aromatic rings. The quantitative estimate of drug-likeness (QED) is 0.475. The Morgan fingerprint density at radius 2 is 1.79 bits per heavy atom. The van der Waals surface area contributed by atoms with Gasteiger partial charge in [0.25, 0.3) is 5.91 Å². The number of fused-ring (bicyclic) bond motifs is 1. The van der Waals surface area contributed by atoms with Crippen LogP contribution in [0.25, 0.3) is 10.1 Å². The third-order valence-corrected chi connectivity index (χ3v) is 4.82. The normalized spacial score (nSPS) is 10.8. The van der Waals surface area contributed by atoms with Crippen molar-refractivity contribution < 1.29 is 14.7 Å². The molecule has 24 heavy (non-hydrogen) atoms. The molecule has 2 aromatic carbocycles. The van der Waals surface area contributed by atoms with E-state index < -0.39 is 5.91 Å². The van der Waals surface area contributed by atoms with Crippen molar-refractivity contribution in [2.24, 2.45) is 0 Å². The van der Waals surface area contributed by atoms with E-state index in [1.807, 2.05) is 36.4 Å². The van der Waals surface area contributed by atoms with E-state index in [0.29, 0.717) is 4.88 Å². The monoisotopic (exact) mass is 342 g/mol. The summed E-state index contributed by atoms with van der Waals surface area (Å²) in [6, 6.07) is 15.8. The second-order valence-electron chi connectivity index (χ2n) is 5.38. The number of hydrogen-bond donors (Lipinski definition) is 3. The third kappa shape index (κ3) is 3.73.